The van der Waals surface area contributed by atoms with Gasteiger partial charge < -0.3 is 10.2 Å². The zero-order valence-electron chi connectivity index (χ0n) is 15.1. The second-order valence-corrected chi connectivity index (χ2v) is 7.56. The number of carbonyl (C=O) groups is 1. The van der Waals surface area contributed by atoms with Crippen molar-refractivity contribution in [3.8, 4) is 0 Å². The smallest absolute Gasteiger partial charge is 0.234 e. The summed E-state index contributed by atoms with van der Waals surface area (Å²) in [5.41, 5.74) is 2.34. The van der Waals surface area contributed by atoms with Gasteiger partial charge in [-0.25, -0.2) is 0 Å². The molecule has 1 aliphatic heterocycles. The van der Waals surface area contributed by atoms with Crippen LogP contribution in [-0.2, 0) is 11.3 Å². The predicted molar refractivity (Wildman–Crippen MR) is 99.2 cm³/mol. The molecule has 3 rings (SSSR count). The summed E-state index contributed by atoms with van der Waals surface area (Å²) in [6.07, 6.45) is 7.97. The minimum Gasteiger partial charge on any atom is -0.378 e. The van der Waals surface area contributed by atoms with Crippen molar-refractivity contribution in [3.05, 3.63) is 29.8 Å². The van der Waals surface area contributed by atoms with Gasteiger partial charge in [0.1, 0.15) is 0 Å². The van der Waals surface area contributed by atoms with E-state index in [9.17, 15) is 4.79 Å². The lowest BCUT2D eigenvalue weighted by Crippen LogP contribution is -2.50. The van der Waals surface area contributed by atoms with Crippen LogP contribution in [0.25, 0.3) is 0 Å². The maximum absolute atomic E-state index is 12.4. The van der Waals surface area contributed by atoms with Crippen molar-refractivity contribution in [2.24, 2.45) is 5.92 Å². The highest BCUT2D eigenvalue weighted by Gasteiger charge is 2.33. The SMILES string of the molecule is CN(C)c1ccc(CNC(=O)CN2CCC[C@H]3CCCC[C@@H]32)cc1. The van der Waals surface area contributed by atoms with E-state index in [1.807, 2.05) is 14.1 Å². The number of benzene rings is 1. The first kappa shape index (κ1) is 17.3. The van der Waals surface area contributed by atoms with Crippen LogP contribution < -0.4 is 10.2 Å². The molecule has 0 spiro atoms. The molecular formula is C20H31N3O. The van der Waals surface area contributed by atoms with Gasteiger partial charge in [0.25, 0.3) is 0 Å². The van der Waals surface area contributed by atoms with Gasteiger partial charge >= 0.3 is 0 Å². The third-order valence-corrected chi connectivity index (χ3v) is 5.65. The van der Waals surface area contributed by atoms with E-state index in [4.69, 9.17) is 0 Å². The maximum atomic E-state index is 12.4. The average Bonchev–Trinajstić information content (AvgIpc) is 2.61. The topological polar surface area (TPSA) is 35.6 Å². The minimum atomic E-state index is 0.165. The van der Waals surface area contributed by atoms with Gasteiger partial charge in [-0.3, -0.25) is 9.69 Å². The fourth-order valence-corrected chi connectivity index (χ4v) is 4.28. The van der Waals surface area contributed by atoms with Gasteiger partial charge in [0.2, 0.25) is 5.91 Å². The lowest BCUT2D eigenvalue weighted by molar-refractivity contribution is -0.124. The van der Waals surface area contributed by atoms with Crippen LogP contribution in [-0.4, -0.2) is 44.0 Å². The Hall–Kier alpha value is -1.55. The number of amides is 1. The molecule has 1 heterocycles. The summed E-state index contributed by atoms with van der Waals surface area (Å²) >= 11 is 0. The average molecular weight is 329 g/mol. The van der Waals surface area contributed by atoms with Crippen LogP contribution in [0.15, 0.2) is 24.3 Å². The molecule has 132 valence electrons. The molecule has 1 aliphatic carbocycles. The Morgan fingerprint density at radius 1 is 1.12 bits per heavy atom. The second kappa shape index (κ2) is 8.02. The summed E-state index contributed by atoms with van der Waals surface area (Å²) in [6.45, 7) is 2.28. The van der Waals surface area contributed by atoms with Gasteiger partial charge in [0, 0.05) is 32.4 Å². The molecule has 2 atom stereocenters. The van der Waals surface area contributed by atoms with Crippen LogP contribution >= 0.6 is 0 Å². The van der Waals surface area contributed by atoms with E-state index in [2.05, 4.69) is 39.4 Å². The Kier molecular flexibility index (Phi) is 5.77. The monoisotopic (exact) mass is 329 g/mol. The number of carbonyl (C=O) groups excluding carboxylic acids is 1. The van der Waals surface area contributed by atoms with E-state index in [1.165, 1.54) is 44.2 Å². The number of nitrogens with one attached hydrogen (secondary N) is 1. The van der Waals surface area contributed by atoms with E-state index < -0.39 is 0 Å². The molecule has 1 aromatic carbocycles. The molecule has 0 radical (unpaired) electrons. The molecule has 1 N–H and O–H groups in total. The standard InChI is InChI=1S/C20H31N3O/c1-22(2)18-11-9-16(10-12-18)14-21-20(24)15-23-13-5-7-17-6-3-4-8-19(17)23/h9-12,17,19H,3-8,13-15H2,1-2H3,(H,21,24)/t17-,19+/m1/s1. The first-order valence-electron chi connectivity index (χ1n) is 9.40. The van der Waals surface area contributed by atoms with Crippen molar-refractivity contribution in [2.75, 3.05) is 32.1 Å². The van der Waals surface area contributed by atoms with Crippen LogP contribution in [0.4, 0.5) is 5.69 Å². The lowest BCUT2D eigenvalue weighted by Gasteiger charge is -2.43. The first-order valence-corrected chi connectivity index (χ1v) is 9.40. The highest BCUT2D eigenvalue weighted by atomic mass is 16.2. The Balaban J connectivity index is 1.48. The fraction of sp³-hybridized carbons (Fsp3) is 0.650. The third kappa shape index (κ3) is 4.29. The molecule has 1 saturated heterocycles. The van der Waals surface area contributed by atoms with Crippen molar-refractivity contribution in [1.29, 1.82) is 0 Å². The molecule has 1 amide bonds. The molecule has 0 unspecified atom stereocenters. The zero-order chi connectivity index (χ0) is 16.9. The van der Waals surface area contributed by atoms with Crippen LogP contribution in [0.3, 0.4) is 0 Å². The van der Waals surface area contributed by atoms with Gasteiger partial charge in [0.05, 0.1) is 6.54 Å². The molecule has 1 saturated carbocycles. The van der Waals surface area contributed by atoms with E-state index in [0.717, 1.165) is 18.0 Å². The molecule has 4 heteroatoms. The number of rotatable bonds is 5. The summed E-state index contributed by atoms with van der Waals surface area (Å²) in [4.78, 5) is 16.9. The van der Waals surface area contributed by atoms with Crippen molar-refractivity contribution in [3.63, 3.8) is 0 Å². The number of hydrogen-bond acceptors (Lipinski definition) is 3. The molecule has 2 fully saturated rings. The Bertz CT molecular complexity index is 538. The first-order chi connectivity index (χ1) is 11.6. The van der Waals surface area contributed by atoms with E-state index in [0.29, 0.717) is 19.1 Å². The predicted octanol–water partition coefficient (Wildman–Crippen LogP) is 3.02. The van der Waals surface area contributed by atoms with Crippen LogP contribution in [0, 0.1) is 5.92 Å². The minimum absolute atomic E-state index is 0.165. The normalized spacial score (nSPS) is 24.2. The number of hydrogen-bond donors (Lipinski definition) is 1. The summed E-state index contributed by atoms with van der Waals surface area (Å²) in [6, 6.07) is 9.02. The van der Waals surface area contributed by atoms with Crippen molar-refractivity contribution in [2.45, 2.75) is 51.1 Å². The van der Waals surface area contributed by atoms with E-state index in [-0.39, 0.29) is 5.91 Å². The van der Waals surface area contributed by atoms with Gasteiger partial charge in [-0.1, -0.05) is 25.0 Å². The Labute approximate surface area is 146 Å². The number of piperidine rings is 1. The highest BCUT2D eigenvalue weighted by molar-refractivity contribution is 5.78. The summed E-state index contributed by atoms with van der Waals surface area (Å²) in [5, 5.41) is 3.10. The van der Waals surface area contributed by atoms with E-state index >= 15 is 0 Å². The summed E-state index contributed by atoms with van der Waals surface area (Å²) in [7, 11) is 4.07. The third-order valence-electron chi connectivity index (χ3n) is 5.65. The fourth-order valence-electron chi connectivity index (χ4n) is 4.28. The molecule has 4 nitrogen and oxygen atoms in total. The van der Waals surface area contributed by atoms with Gasteiger partial charge in [-0.2, -0.15) is 0 Å². The van der Waals surface area contributed by atoms with Crippen molar-refractivity contribution >= 4 is 11.6 Å². The molecule has 24 heavy (non-hydrogen) atoms. The number of likely N-dealkylation sites (tertiary alicyclic amines) is 1. The molecule has 0 aromatic heterocycles. The zero-order valence-corrected chi connectivity index (χ0v) is 15.1. The van der Waals surface area contributed by atoms with Crippen LogP contribution in [0.1, 0.15) is 44.1 Å². The number of anilines is 1. The summed E-state index contributed by atoms with van der Waals surface area (Å²) in [5.74, 6) is 0.997. The van der Waals surface area contributed by atoms with Gasteiger partial charge in [-0.05, 0) is 55.8 Å². The van der Waals surface area contributed by atoms with Gasteiger partial charge in [-0.15, -0.1) is 0 Å². The molecular weight excluding hydrogens is 298 g/mol. The van der Waals surface area contributed by atoms with Crippen LogP contribution in [0.5, 0.6) is 0 Å². The van der Waals surface area contributed by atoms with Crippen LogP contribution in [0.2, 0.25) is 0 Å². The molecule has 2 aliphatic rings. The Morgan fingerprint density at radius 3 is 2.58 bits per heavy atom. The molecule has 0 bridgehead atoms. The largest absolute Gasteiger partial charge is 0.378 e. The Morgan fingerprint density at radius 2 is 1.83 bits per heavy atom. The highest BCUT2D eigenvalue weighted by Crippen LogP contribution is 2.34. The number of nitrogens with zero attached hydrogens (tertiary/aromatic N) is 2. The quantitative estimate of drug-likeness (QED) is 0.902. The second-order valence-electron chi connectivity index (χ2n) is 7.56. The number of fused-ring (bicyclic) bond motifs is 1. The molecule has 1 aromatic rings. The van der Waals surface area contributed by atoms with E-state index in [1.54, 1.807) is 0 Å². The van der Waals surface area contributed by atoms with Crippen molar-refractivity contribution < 1.29 is 4.79 Å². The maximum Gasteiger partial charge on any atom is 0.234 e. The summed E-state index contributed by atoms with van der Waals surface area (Å²) < 4.78 is 0. The lowest BCUT2D eigenvalue weighted by atomic mass is 9.78. The van der Waals surface area contributed by atoms with Crippen molar-refractivity contribution in [1.82, 2.24) is 10.2 Å². The van der Waals surface area contributed by atoms with Gasteiger partial charge in [0.15, 0.2) is 0 Å².